The van der Waals surface area contributed by atoms with Crippen LogP contribution in [0, 0.1) is 11.8 Å². The van der Waals surface area contributed by atoms with Crippen LogP contribution in [0.25, 0.3) is 0 Å². The molecule has 1 aromatic rings. The standard InChI is InChI=1S/C14H15Cl2NO3/c1-7(9-3-2-8(15)6-12(9)16)17-13(18)10-4-5-11(10)14(19)20/h2-3,6-7,10-11H,4-5H2,1H3,(H,17,18)(H,19,20)/t7-,10?,11?/m0/s1. The van der Waals surface area contributed by atoms with Crippen LogP contribution in [0.5, 0.6) is 0 Å². The van der Waals surface area contributed by atoms with Gasteiger partial charge in [0.25, 0.3) is 0 Å². The number of benzene rings is 1. The third kappa shape index (κ3) is 3.07. The SMILES string of the molecule is C[C@H](NC(=O)C1CCC1C(=O)O)c1ccc(Cl)cc1Cl. The summed E-state index contributed by atoms with van der Waals surface area (Å²) in [6, 6.07) is 4.78. The number of amides is 1. The molecule has 1 aromatic carbocycles. The maximum Gasteiger partial charge on any atom is 0.307 e. The zero-order valence-electron chi connectivity index (χ0n) is 10.9. The van der Waals surface area contributed by atoms with Crippen LogP contribution >= 0.6 is 23.2 Å². The van der Waals surface area contributed by atoms with Crippen molar-refractivity contribution in [1.82, 2.24) is 5.32 Å². The molecule has 3 atom stereocenters. The van der Waals surface area contributed by atoms with Gasteiger partial charge in [-0.05, 0) is 37.5 Å². The highest BCUT2D eigenvalue weighted by molar-refractivity contribution is 6.35. The highest BCUT2D eigenvalue weighted by Crippen LogP contribution is 2.35. The van der Waals surface area contributed by atoms with Gasteiger partial charge in [0.1, 0.15) is 0 Å². The molecule has 1 amide bonds. The zero-order chi connectivity index (χ0) is 14.9. The lowest BCUT2D eigenvalue weighted by Gasteiger charge is -2.33. The first-order chi connectivity index (χ1) is 9.40. The number of hydrogen-bond donors (Lipinski definition) is 2. The van der Waals surface area contributed by atoms with Crippen LogP contribution in [0.15, 0.2) is 18.2 Å². The van der Waals surface area contributed by atoms with E-state index in [0.717, 1.165) is 5.56 Å². The molecule has 0 heterocycles. The first-order valence-electron chi connectivity index (χ1n) is 6.38. The number of carbonyl (C=O) groups excluding carboxylic acids is 1. The third-order valence-electron chi connectivity index (χ3n) is 3.72. The quantitative estimate of drug-likeness (QED) is 0.896. The van der Waals surface area contributed by atoms with Gasteiger partial charge in [0.2, 0.25) is 5.91 Å². The molecule has 0 aliphatic heterocycles. The number of halogens is 2. The van der Waals surface area contributed by atoms with E-state index in [4.69, 9.17) is 28.3 Å². The smallest absolute Gasteiger partial charge is 0.307 e. The molecule has 1 aliphatic carbocycles. The predicted octanol–water partition coefficient (Wildman–Crippen LogP) is 3.28. The molecule has 108 valence electrons. The molecular weight excluding hydrogens is 301 g/mol. The van der Waals surface area contributed by atoms with E-state index in [0.29, 0.717) is 22.9 Å². The maximum atomic E-state index is 12.1. The van der Waals surface area contributed by atoms with E-state index >= 15 is 0 Å². The fourth-order valence-corrected chi connectivity index (χ4v) is 2.93. The molecule has 2 unspecified atom stereocenters. The minimum atomic E-state index is -0.909. The van der Waals surface area contributed by atoms with Crippen molar-refractivity contribution in [3.63, 3.8) is 0 Å². The molecule has 6 heteroatoms. The molecule has 1 fully saturated rings. The number of carboxylic acid groups (broad SMARTS) is 1. The third-order valence-corrected chi connectivity index (χ3v) is 4.28. The van der Waals surface area contributed by atoms with Gasteiger partial charge in [-0.25, -0.2) is 0 Å². The summed E-state index contributed by atoms with van der Waals surface area (Å²) in [5.74, 6) is -2.15. The second kappa shape index (κ2) is 6.02. The Bertz CT molecular complexity index is 547. The van der Waals surface area contributed by atoms with E-state index in [2.05, 4.69) is 5.32 Å². The lowest BCUT2D eigenvalue weighted by atomic mass is 9.73. The number of hydrogen-bond acceptors (Lipinski definition) is 2. The van der Waals surface area contributed by atoms with Crippen LogP contribution < -0.4 is 5.32 Å². The van der Waals surface area contributed by atoms with Crippen molar-refractivity contribution >= 4 is 35.1 Å². The van der Waals surface area contributed by atoms with Crippen molar-refractivity contribution < 1.29 is 14.7 Å². The summed E-state index contributed by atoms with van der Waals surface area (Å²) in [6.45, 7) is 1.81. The second-order valence-corrected chi connectivity index (χ2v) is 5.87. The largest absolute Gasteiger partial charge is 0.481 e. The second-order valence-electron chi connectivity index (χ2n) is 5.02. The Hall–Kier alpha value is -1.26. The predicted molar refractivity (Wildman–Crippen MR) is 76.9 cm³/mol. The van der Waals surface area contributed by atoms with E-state index in [-0.39, 0.29) is 11.9 Å². The van der Waals surface area contributed by atoms with Gasteiger partial charge in [0, 0.05) is 10.0 Å². The van der Waals surface area contributed by atoms with Gasteiger partial charge in [-0.3, -0.25) is 9.59 Å². The summed E-state index contributed by atoms with van der Waals surface area (Å²) < 4.78 is 0. The van der Waals surface area contributed by atoms with E-state index in [9.17, 15) is 9.59 Å². The Morgan fingerprint density at radius 3 is 2.45 bits per heavy atom. The fourth-order valence-electron chi connectivity index (χ4n) is 2.36. The van der Waals surface area contributed by atoms with Gasteiger partial charge in [0.05, 0.1) is 17.9 Å². The van der Waals surface area contributed by atoms with Crippen LogP contribution in [0.3, 0.4) is 0 Å². The molecule has 1 aliphatic rings. The van der Waals surface area contributed by atoms with Crippen LogP contribution in [0.4, 0.5) is 0 Å². The fraction of sp³-hybridized carbons (Fsp3) is 0.429. The Kier molecular flexibility index (Phi) is 4.55. The van der Waals surface area contributed by atoms with Crippen molar-refractivity contribution in [2.24, 2.45) is 11.8 Å². The molecule has 2 N–H and O–H groups in total. The average Bonchev–Trinajstić information content (AvgIpc) is 2.25. The van der Waals surface area contributed by atoms with Crippen molar-refractivity contribution in [1.29, 1.82) is 0 Å². The van der Waals surface area contributed by atoms with E-state index in [1.807, 2.05) is 6.92 Å². The van der Waals surface area contributed by atoms with E-state index < -0.39 is 17.8 Å². The Balaban J connectivity index is 2.02. The summed E-state index contributed by atoms with van der Waals surface area (Å²) in [4.78, 5) is 23.0. The van der Waals surface area contributed by atoms with E-state index in [1.54, 1.807) is 18.2 Å². The normalized spacial score (nSPS) is 22.8. The summed E-state index contributed by atoms with van der Waals surface area (Å²) in [5.41, 5.74) is 0.760. The van der Waals surface area contributed by atoms with Crippen molar-refractivity contribution in [2.45, 2.75) is 25.8 Å². The molecule has 0 bridgehead atoms. The summed E-state index contributed by atoms with van der Waals surface area (Å²) in [7, 11) is 0. The number of carbonyl (C=O) groups is 2. The zero-order valence-corrected chi connectivity index (χ0v) is 12.4. The van der Waals surface area contributed by atoms with E-state index in [1.165, 1.54) is 0 Å². The molecule has 0 spiro atoms. The lowest BCUT2D eigenvalue weighted by molar-refractivity contribution is -0.152. The van der Waals surface area contributed by atoms with Crippen LogP contribution in [0.1, 0.15) is 31.4 Å². The van der Waals surface area contributed by atoms with Crippen molar-refractivity contribution in [2.75, 3.05) is 0 Å². The maximum absolute atomic E-state index is 12.1. The minimum absolute atomic E-state index is 0.234. The van der Waals surface area contributed by atoms with Gasteiger partial charge in [-0.15, -0.1) is 0 Å². The van der Waals surface area contributed by atoms with Crippen molar-refractivity contribution in [3.05, 3.63) is 33.8 Å². The highest BCUT2D eigenvalue weighted by atomic mass is 35.5. The molecule has 1 saturated carbocycles. The summed E-state index contributed by atoms with van der Waals surface area (Å²) >= 11 is 11.9. The highest BCUT2D eigenvalue weighted by Gasteiger charge is 2.41. The number of aliphatic carboxylic acids is 1. The van der Waals surface area contributed by atoms with Crippen LogP contribution in [0.2, 0.25) is 10.0 Å². The first-order valence-corrected chi connectivity index (χ1v) is 7.14. The first kappa shape index (κ1) is 15.1. The molecule has 0 saturated heterocycles. The van der Waals surface area contributed by atoms with Gasteiger partial charge in [-0.1, -0.05) is 29.3 Å². The van der Waals surface area contributed by atoms with Crippen LogP contribution in [-0.2, 0) is 9.59 Å². The molecule has 20 heavy (non-hydrogen) atoms. The lowest BCUT2D eigenvalue weighted by Crippen LogP contribution is -2.44. The minimum Gasteiger partial charge on any atom is -0.481 e. The summed E-state index contributed by atoms with van der Waals surface area (Å²) in [5, 5.41) is 12.8. The van der Waals surface area contributed by atoms with Gasteiger partial charge in [0.15, 0.2) is 0 Å². The van der Waals surface area contributed by atoms with Gasteiger partial charge in [-0.2, -0.15) is 0 Å². The summed E-state index contributed by atoms with van der Waals surface area (Å²) in [6.07, 6.45) is 1.17. The van der Waals surface area contributed by atoms with Crippen LogP contribution in [-0.4, -0.2) is 17.0 Å². The van der Waals surface area contributed by atoms with Crippen molar-refractivity contribution in [3.8, 4) is 0 Å². The molecule has 0 aromatic heterocycles. The van der Waals surface area contributed by atoms with Gasteiger partial charge >= 0.3 is 5.97 Å². The topological polar surface area (TPSA) is 66.4 Å². The Morgan fingerprint density at radius 2 is 1.95 bits per heavy atom. The molecule has 2 rings (SSSR count). The monoisotopic (exact) mass is 315 g/mol. The molecular formula is C14H15Cl2NO3. The average molecular weight is 316 g/mol. The number of carboxylic acids is 1. The van der Waals surface area contributed by atoms with Gasteiger partial charge < -0.3 is 10.4 Å². The Labute approximate surface area is 127 Å². The molecule has 4 nitrogen and oxygen atoms in total. The number of nitrogens with one attached hydrogen (secondary N) is 1. The molecule has 0 radical (unpaired) electrons. The number of rotatable bonds is 4. The Morgan fingerprint density at radius 1 is 1.30 bits per heavy atom.